The largest absolute Gasteiger partial charge is 0.459 e. The van der Waals surface area contributed by atoms with E-state index in [1.54, 1.807) is 0 Å². The Morgan fingerprint density at radius 3 is 2.74 bits per heavy atom. The van der Waals surface area contributed by atoms with Gasteiger partial charge < -0.3 is 14.4 Å². The highest BCUT2D eigenvalue weighted by molar-refractivity contribution is 5.76. The third-order valence-corrected chi connectivity index (χ3v) is 3.42. The van der Waals surface area contributed by atoms with Gasteiger partial charge in [0, 0.05) is 13.7 Å². The molecular weight excluding hydrogens is 242 g/mol. The van der Waals surface area contributed by atoms with Gasteiger partial charge in [0.1, 0.15) is 6.10 Å². The summed E-state index contributed by atoms with van der Waals surface area (Å²) in [5.41, 5.74) is 0.833. The second-order valence-electron chi connectivity index (χ2n) is 4.99. The molecule has 1 aliphatic heterocycles. The van der Waals surface area contributed by atoms with Crippen molar-refractivity contribution in [1.82, 2.24) is 4.90 Å². The topological polar surface area (TPSA) is 38.8 Å². The third-order valence-electron chi connectivity index (χ3n) is 3.42. The van der Waals surface area contributed by atoms with E-state index < -0.39 is 6.10 Å². The smallest absolute Gasteiger partial charge is 0.340 e. The molecule has 0 N–H and O–H groups in total. The van der Waals surface area contributed by atoms with E-state index in [-0.39, 0.29) is 12.1 Å². The van der Waals surface area contributed by atoms with Crippen molar-refractivity contribution in [3.63, 3.8) is 0 Å². The number of carbonyl (C=O) groups excluding carboxylic acids is 1. The van der Waals surface area contributed by atoms with Gasteiger partial charge in [0.05, 0.1) is 0 Å². The first-order chi connectivity index (χ1) is 9.20. The molecule has 4 heteroatoms. The maximum atomic E-state index is 12.2. The van der Waals surface area contributed by atoms with Crippen molar-refractivity contribution >= 4 is 5.97 Å². The zero-order valence-corrected chi connectivity index (χ0v) is 11.5. The minimum atomic E-state index is -0.631. The predicted molar refractivity (Wildman–Crippen MR) is 72.8 cm³/mol. The van der Waals surface area contributed by atoms with Crippen LogP contribution in [0.5, 0.6) is 0 Å². The van der Waals surface area contributed by atoms with Crippen LogP contribution in [0, 0.1) is 0 Å². The Bertz CT molecular complexity index is 407. The summed E-state index contributed by atoms with van der Waals surface area (Å²) in [5, 5.41) is 0. The molecule has 1 aliphatic rings. The van der Waals surface area contributed by atoms with Gasteiger partial charge in [-0.3, -0.25) is 0 Å². The molecule has 1 heterocycles. The maximum absolute atomic E-state index is 12.2. The first-order valence-electron chi connectivity index (χ1n) is 6.67. The van der Waals surface area contributed by atoms with E-state index in [1.165, 1.54) is 7.11 Å². The van der Waals surface area contributed by atoms with E-state index >= 15 is 0 Å². The summed E-state index contributed by atoms with van der Waals surface area (Å²) in [6.07, 6.45) is 1.35. The van der Waals surface area contributed by atoms with Gasteiger partial charge in [-0.25, -0.2) is 4.79 Å². The first-order valence-corrected chi connectivity index (χ1v) is 6.67. The minimum absolute atomic E-state index is 0.0207. The van der Waals surface area contributed by atoms with E-state index in [1.807, 2.05) is 37.4 Å². The van der Waals surface area contributed by atoms with Crippen molar-refractivity contribution in [2.24, 2.45) is 0 Å². The first kappa shape index (κ1) is 14.0. The molecule has 0 aromatic heterocycles. The third kappa shape index (κ3) is 3.78. The van der Waals surface area contributed by atoms with Crippen LogP contribution in [0.1, 0.15) is 24.5 Å². The van der Waals surface area contributed by atoms with Gasteiger partial charge in [-0.2, -0.15) is 0 Å². The van der Waals surface area contributed by atoms with Gasteiger partial charge in [0.2, 0.25) is 0 Å². The molecule has 1 aromatic rings. The fourth-order valence-corrected chi connectivity index (χ4v) is 2.44. The van der Waals surface area contributed by atoms with Crippen LogP contribution in [0.3, 0.4) is 0 Å². The Morgan fingerprint density at radius 2 is 2.11 bits per heavy atom. The van der Waals surface area contributed by atoms with Crippen LogP contribution in [-0.2, 0) is 14.3 Å². The van der Waals surface area contributed by atoms with Crippen molar-refractivity contribution in [2.75, 3.05) is 27.2 Å². The zero-order valence-electron chi connectivity index (χ0n) is 11.5. The number of rotatable bonds is 4. The number of hydrogen-bond acceptors (Lipinski definition) is 4. The molecule has 1 saturated heterocycles. The average Bonchev–Trinajstić information content (AvgIpc) is 2.41. The molecule has 0 spiro atoms. The zero-order chi connectivity index (χ0) is 13.7. The Labute approximate surface area is 114 Å². The number of carbonyl (C=O) groups is 1. The molecule has 2 rings (SSSR count). The van der Waals surface area contributed by atoms with E-state index in [0.29, 0.717) is 0 Å². The summed E-state index contributed by atoms with van der Waals surface area (Å²) in [7, 11) is 3.58. The molecular formula is C15H21NO3. The molecule has 0 bridgehead atoms. The van der Waals surface area contributed by atoms with Gasteiger partial charge >= 0.3 is 5.97 Å². The minimum Gasteiger partial charge on any atom is -0.459 e. The number of esters is 1. The predicted octanol–water partition coefficient (Wildman–Crippen LogP) is 2.01. The summed E-state index contributed by atoms with van der Waals surface area (Å²) < 4.78 is 10.8. The lowest BCUT2D eigenvalue weighted by molar-refractivity contribution is -0.163. The van der Waals surface area contributed by atoms with Crippen molar-refractivity contribution in [1.29, 1.82) is 0 Å². The van der Waals surface area contributed by atoms with E-state index in [9.17, 15) is 4.79 Å². The highest BCUT2D eigenvalue weighted by Crippen LogP contribution is 2.20. The molecule has 0 saturated carbocycles. The Hall–Kier alpha value is -1.39. The number of piperidine rings is 1. The van der Waals surface area contributed by atoms with Gasteiger partial charge in [-0.1, -0.05) is 30.3 Å². The van der Waals surface area contributed by atoms with Crippen LogP contribution >= 0.6 is 0 Å². The standard InChI is InChI=1S/C15H21NO3/c1-16-10-6-9-13(11-16)19-15(17)14(18-2)12-7-4-3-5-8-12/h3-5,7-8,13-14H,6,9-11H2,1-2H3/t13-,14+/m1/s1. The van der Waals surface area contributed by atoms with Gasteiger partial charge in [-0.15, -0.1) is 0 Å². The number of ether oxygens (including phenoxy) is 2. The van der Waals surface area contributed by atoms with Crippen LogP contribution in [0.15, 0.2) is 30.3 Å². The molecule has 1 aromatic carbocycles. The van der Waals surface area contributed by atoms with Crippen LogP contribution in [0.4, 0.5) is 0 Å². The quantitative estimate of drug-likeness (QED) is 0.779. The normalized spacial score (nSPS) is 21.9. The fourth-order valence-electron chi connectivity index (χ4n) is 2.44. The lowest BCUT2D eigenvalue weighted by Crippen LogP contribution is -2.39. The molecule has 4 nitrogen and oxygen atoms in total. The number of methoxy groups -OCH3 is 1. The molecule has 104 valence electrons. The van der Waals surface area contributed by atoms with Crippen molar-refractivity contribution in [3.8, 4) is 0 Å². The van der Waals surface area contributed by atoms with Gasteiger partial charge in [0.15, 0.2) is 6.10 Å². The summed E-state index contributed by atoms with van der Waals surface area (Å²) in [6.45, 7) is 1.87. The monoisotopic (exact) mass is 263 g/mol. The average molecular weight is 263 g/mol. The number of benzene rings is 1. The Morgan fingerprint density at radius 1 is 1.37 bits per heavy atom. The summed E-state index contributed by atoms with van der Waals surface area (Å²) in [4.78, 5) is 14.4. The summed E-state index contributed by atoms with van der Waals surface area (Å²) in [6, 6.07) is 9.45. The van der Waals surface area contributed by atoms with Crippen LogP contribution in [0.25, 0.3) is 0 Å². The van der Waals surface area contributed by atoms with Crippen molar-refractivity contribution in [2.45, 2.75) is 25.0 Å². The number of likely N-dealkylation sites (tertiary alicyclic amines) is 1. The molecule has 0 unspecified atom stereocenters. The summed E-state index contributed by atoms with van der Waals surface area (Å²) >= 11 is 0. The molecule has 1 fully saturated rings. The molecule has 2 atom stereocenters. The number of nitrogens with zero attached hydrogens (tertiary/aromatic N) is 1. The fraction of sp³-hybridized carbons (Fsp3) is 0.533. The Kier molecular flexibility index (Phi) is 4.93. The number of likely N-dealkylation sites (N-methyl/N-ethyl adjacent to an activating group) is 1. The van der Waals surface area contributed by atoms with Gasteiger partial charge in [-0.05, 0) is 32.0 Å². The Balaban J connectivity index is 1.97. The van der Waals surface area contributed by atoms with Crippen molar-refractivity contribution in [3.05, 3.63) is 35.9 Å². The van der Waals surface area contributed by atoms with E-state index in [2.05, 4.69) is 4.90 Å². The molecule has 0 aliphatic carbocycles. The SMILES string of the molecule is CO[C@H](C(=O)O[C@@H]1CCCN(C)C1)c1ccccc1. The molecule has 19 heavy (non-hydrogen) atoms. The van der Waals surface area contributed by atoms with Crippen LogP contribution in [-0.4, -0.2) is 44.2 Å². The van der Waals surface area contributed by atoms with Crippen LogP contribution < -0.4 is 0 Å². The van der Waals surface area contributed by atoms with Crippen molar-refractivity contribution < 1.29 is 14.3 Å². The second-order valence-corrected chi connectivity index (χ2v) is 4.99. The summed E-state index contributed by atoms with van der Waals surface area (Å²) in [5.74, 6) is -0.297. The molecule has 0 amide bonds. The highest BCUT2D eigenvalue weighted by Gasteiger charge is 2.27. The highest BCUT2D eigenvalue weighted by atomic mass is 16.6. The van der Waals surface area contributed by atoms with E-state index in [0.717, 1.165) is 31.5 Å². The number of hydrogen-bond donors (Lipinski definition) is 0. The lowest BCUT2D eigenvalue weighted by atomic mass is 10.1. The van der Waals surface area contributed by atoms with E-state index in [4.69, 9.17) is 9.47 Å². The maximum Gasteiger partial charge on any atom is 0.340 e. The second kappa shape index (κ2) is 6.68. The molecule has 0 radical (unpaired) electrons. The van der Waals surface area contributed by atoms with Crippen LogP contribution in [0.2, 0.25) is 0 Å². The lowest BCUT2D eigenvalue weighted by Gasteiger charge is -2.30. The van der Waals surface area contributed by atoms with Gasteiger partial charge in [0.25, 0.3) is 0 Å².